The van der Waals surface area contributed by atoms with Crippen LogP contribution in [-0.2, 0) is 16.2 Å². The van der Waals surface area contributed by atoms with Gasteiger partial charge >= 0.3 is 0 Å². The zero-order valence-corrected chi connectivity index (χ0v) is 21.1. The van der Waals surface area contributed by atoms with Gasteiger partial charge in [-0.2, -0.15) is 0 Å². The number of nitrogens with zero attached hydrogens (tertiary/aromatic N) is 1. The normalized spacial score (nSPS) is 16.9. The minimum absolute atomic E-state index is 0.0786. The van der Waals surface area contributed by atoms with Crippen molar-refractivity contribution < 1.29 is 34.2 Å². The monoisotopic (exact) mass is 502 g/mol. The molecule has 1 heterocycles. The topological polar surface area (TPSA) is 104 Å². The van der Waals surface area contributed by atoms with E-state index in [0.29, 0.717) is 24.5 Å². The quantitative estimate of drug-likeness (QED) is 0.260. The highest BCUT2D eigenvalue weighted by molar-refractivity contribution is 6.46. The molecule has 1 saturated heterocycles. The smallest absolute Gasteiger partial charge is 0.295 e. The molecule has 0 aliphatic carbocycles. The Balaban J connectivity index is 1.69. The molecule has 0 saturated carbocycles. The van der Waals surface area contributed by atoms with Crippen molar-refractivity contribution in [3.05, 3.63) is 95.1 Å². The summed E-state index contributed by atoms with van der Waals surface area (Å²) >= 11 is 0. The molecule has 0 radical (unpaired) electrons. The minimum atomic E-state index is -0.893. The highest BCUT2D eigenvalue weighted by Crippen LogP contribution is 2.41. The van der Waals surface area contributed by atoms with E-state index < -0.39 is 23.5 Å². The Labute approximate surface area is 216 Å². The molecule has 3 aromatic rings. The molecule has 0 spiro atoms. The molecular formula is C29H30N2O6. The number of likely N-dealkylation sites (tertiary alicyclic amines) is 1. The number of nitrogens with one attached hydrogen (secondary N) is 1. The molecule has 8 heteroatoms. The molecule has 8 nitrogen and oxygen atoms in total. The maximum Gasteiger partial charge on any atom is 0.295 e. The fraction of sp³-hybridized carbons (Fsp3) is 0.241. The van der Waals surface area contributed by atoms with Crippen molar-refractivity contribution in [2.24, 2.45) is 0 Å². The van der Waals surface area contributed by atoms with Gasteiger partial charge in [-0.15, -0.1) is 0 Å². The van der Waals surface area contributed by atoms with E-state index in [1.165, 1.54) is 18.1 Å². The summed E-state index contributed by atoms with van der Waals surface area (Å²) in [5.74, 6) is -1.37. The molecule has 2 N–H and O–H groups in total. The molecule has 37 heavy (non-hydrogen) atoms. The summed E-state index contributed by atoms with van der Waals surface area (Å²) < 4.78 is 11.0. The Kier molecular flexibility index (Phi) is 7.79. The Morgan fingerprint density at radius 1 is 1.03 bits per heavy atom. The number of aromatic hydroxyl groups is 1. The van der Waals surface area contributed by atoms with Gasteiger partial charge in [0.05, 0.1) is 40.3 Å². The lowest BCUT2D eigenvalue weighted by molar-refractivity contribution is -0.857. The first-order chi connectivity index (χ1) is 17.8. The number of phenolic OH excluding ortho intramolecular Hbond substituents is 1. The van der Waals surface area contributed by atoms with E-state index in [1.54, 1.807) is 36.4 Å². The van der Waals surface area contributed by atoms with Gasteiger partial charge in [-0.1, -0.05) is 54.3 Å². The second-order valence-corrected chi connectivity index (χ2v) is 9.16. The van der Waals surface area contributed by atoms with E-state index >= 15 is 0 Å². The molecule has 1 aliphatic rings. The number of ether oxygens (including phenoxy) is 2. The number of hydrogen-bond acceptors (Lipinski definition) is 6. The number of Topliss-reactive ketones (excluding diaryl/α,β-unsaturated/α-hetero) is 1. The number of carbonyl (C=O) groups is 2. The van der Waals surface area contributed by atoms with Crippen molar-refractivity contribution in [1.29, 1.82) is 0 Å². The van der Waals surface area contributed by atoms with Crippen LogP contribution in [0, 0.1) is 0 Å². The number of ketones is 1. The summed E-state index contributed by atoms with van der Waals surface area (Å²) in [6.07, 6.45) is 0. The van der Waals surface area contributed by atoms with Crippen LogP contribution in [-0.4, -0.2) is 56.0 Å². The summed E-state index contributed by atoms with van der Waals surface area (Å²) in [6.45, 7) is 1.25. The number of benzene rings is 3. The second kappa shape index (κ2) is 11.2. The zero-order valence-electron chi connectivity index (χ0n) is 21.1. The number of quaternary nitrogens is 1. The standard InChI is InChI=1S/C29H30N2O6/c1-30(2)15-16-31-26(21-11-14-23(32)24(17-21)36-3)25(28(34)29(31)35)27(33)20-9-12-22(13-10-20)37-18-19-7-5-4-6-8-19/h4-14,17,26,32-33H,15-16,18H2,1-3H3. The van der Waals surface area contributed by atoms with Crippen molar-refractivity contribution in [2.45, 2.75) is 12.6 Å². The molecule has 3 aromatic carbocycles. The summed E-state index contributed by atoms with van der Waals surface area (Å²) in [4.78, 5) is 28.7. The molecule has 1 aliphatic heterocycles. The van der Waals surface area contributed by atoms with E-state index in [1.807, 2.05) is 44.4 Å². The zero-order chi connectivity index (χ0) is 26.5. The largest absolute Gasteiger partial charge is 0.872 e. The van der Waals surface area contributed by atoms with Crippen LogP contribution < -0.4 is 19.5 Å². The number of likely N-dealkylation sites (N-methyl/N-ethyl adjacent to an activating group) is 1. The van der Waals surface area contributed by atoms with Gasteiger partial charge in [0.15, 0.2) is 11.5 Å². The molecule has 0 aromatic heterocycles. The third-order valence-electron chi connectivity index (χ3n) is 6.27. The van der Waals surface area contributed by atoms with Crippen LogP contribution in [0.2, 0.25) is 0 Å². The first-order valence-corrected chi connectivity index (χ1v) is 12.0. The molecule has 1 amide bonds. The average molecular weight is 503 g/mol. The van der Waals surface area contributed by atoms with Crippen molar-refractivity contribution >= 4 is 17.4 Å². The van der Waals surface area contributed by atoms with Crippen LogP contribution in [0.3, 0.4) is 0 Å². The molecule has 0 bridgehead atoms. The number of carbonyl (C=O) groups excluding carboxylic acids is 2. The Bertz CT molecular complexity index is 1300. The number of amides is 1. The first kappa shape index (κ1) is 25.8. The molecule has 4 rings (SSSR count). The van der Waals surface area contributed by atoms with E-state index in [-0.39, 0.29) is 29.2 Å². The van der Waals surface area contributed by atoms with E-state index in [2.05, 4.69) is 0 Å². The van der Waals surface area contributed by atoms with Crippen LogP contribution in [0.15, 0.2) is 78.4 Å². The summed E-state index contributed by atoms with van der Waals surface area (Å²) in [7, 11) is 5.30. The summed E-state index contributed by atoms with van der Waals surface area (Å²) in [5.41, 5.74) is 1.68. The van der Waals surface area contributed by atoms with Crippen LogP contribution in [0.5, 0.6) is 17.2 Å². The Morgan fingerprint density at radius 2 is 1.73 bits per heavy atom. The highest BCUT2D eigenvalue weighted by atomic mass is 16.5. The minimum Gasteiger partial charge on any atom is -0.872 e. The van der Waals surface area contributed by atoms with Crippen LogP contribution in [0.1, 0.15) is 22.7 Å². The Hall–Kier alpha value is -4.30. The lowest BCUT2D eigenvalue weighted by atomic mass is 9.95. The van der Waals surface area contributed by atoms with Gasteiger partial charge in [-0.05, 0) is 41.0 Å². The predicted octanol–water partition coefficient (Wildman–Crippen LogP) is 1.35. The van der Waals surface area contributed by atoms with E-state index in [9.17, 15) is 19.8 Å². The maximum atomic E-state index is 13.6. The number of hydrogen-bond donors (Lipinski definition) is 2. The SMILES string of the molecule is COc1cc(C2C(=C([O-])c3ccc(OCc4ccccc4)cc3)C(=O)C(=O)N2CC[NH+](C)C)ccc1O. The van der Waals surface area contributed by atoms with Crippen LogP contribution in [0.25, 0.3) is 5.76 Å². The maximum absolute atomic E-state index is 13.6. The van der Waals surface area contributed by atoms with Gasteiger partial charge < -0.3 is 29.5 Å². The number of methoxy groups -OCH3 is 1. The molecule has 1 atom stereocenters. The fourth-order valence-electron chi connectivity index (χ4n) is 4.25. The van der Waals surface area contributed by atoms with E-state index in [0.717, 1.165) is 10.5 Å². The lowest BCUT2D eigenvalue weighted by Crippen LogP contribution is -3.06. The summed E-state index contributed by atoms with van der Waals surface area (Å²) in [5, 5.41) is 23.7. The van der Waals surface area contributed by atoms with Crippen LogP contribution in [0.4, 0.5) is 0 Å². The van der Waals surface area contributed by atoms with Crippen molar-refractivity contribution in [2.75, 3.05) is 34.3 Å². The van der Waals surface area contributed by atoms with Gasteiger partial charge in [0.25, 0.3) is 5.91 Å². The molecule has 1 unspecified atom stereocenters. The van der Waals surface area contributed by atoms with E-state index in [4.69, 9.17) is 9.47 Å². The number of rotatable bonds is 9. The molecule has 192 valence electrons. The van der Waals surface area contributed by atoms with Gasteiger partial charge in [0.1, 0.15) is 12.4 Å². The van der Waals surface area contributed by atoms with Crippen molar-refractivity contribution in [3.63, 3.8) is 0 Å². The fourth-order valence-corrected chi connectivity index (χ4v) is 4.25. The average Bonchev–Trinajstić information content (AvgIpc) is 3.16. The molecule has 1 fully saturated rings. The second-order valence-electron chi connectivity index (χ2n) is 9.16. The highest BCUT2D eigenvalue weighted by Gasteiger charge is 2.44. The predicted molar refractivity (Wildman–Crippen MR) is 136 cm³/mol. The van der Waals surface area contributed by atoms with Crippen LogP contribution >= 0.6 is 0 Å². The summed E-state index contributed by atoms with van der Waals surface area (Å²) in [6, 6.07) is 19.9. The third kappa shape index (κ3) is 5.59. The third-order valence-corrected chi connectivity index (χ3v) is 6.27. The Morgan fingerprint density at radius 3 is 2.38 bits per heavy atom. The van der Waals surface area contributed by atoms with Crippen molar-refractivity contribution in [1.82, 2.24) is 4.90 Å². The van der Waals surface area contributed by atoms with Gasteiger partial charge in [0.2, 0.25) is 5.78 Å². The lowest BCUT2D eigenvalue weighted by Gasteiger charge is -2.28. The van der Waals surface area contributed by atoms with Gasteiger partial charge in [-0.3, -0.25) is 9.59 Å². The van der Waals surface area contributed by atoms with Gasteiger partial charge in [-0.25, -0.2) is 0 Å². The van der Waals surface area contributed by atoms with Gasteiger partial charge in [0, 0.05) is 5.57 Å². The number of phenols is 1. The first-order valence-electron chi connectivity index (χ1n) is 12.0. The van der Waals surface area contributed by atoms with Crippen molar-refractivity contribution in [3.8, 4) is 17.2 Å². The molecular weight excluding hydrogens is 472 g/mol.